The second-order valence-electron chi connectivity index (χ2n) is 11.7. The second-order valence-corrected chi connectivity index (χ2v) is 11.7. The molecular formula is C34H39N3O14. The van der Waals surface area contributed by atoms with Gasteiger partial charge in [0.2, 0.25) is 17.8 Å². The minimum absolute atomic E-state index is 0.00296. The summed E-state index contributed by atoms with van der Waals surface area (Å²) in [6, 6.07) is 12.9. The average molecular weight is 714 g/mol. The number of phenols is 2. The van der Waals surface area contributed by atoms with Crippen molar-refractivity contribution in [2.75, 3.05) is 34.1 Å². The maximum atomic E-state index is 13.5. The molecule has 0 aromatic heterocycles. The Kier molecular flexibility index (Phi) is 11.2. The molecule has 1 fully saturated rings. The lowest BCUT2D eigenvalue weighted by Gasteiger charge is -2.48. The fourth-order valence-corrected chi connectivity index (χ4v) is 5.82. The van der Waals surface area contributed by atoms with Crippen molar-refractivity contribution in [2.24, 2.45) is 10.7 Å². The topological polar surface area (TPSA) is 261 Å². The number of hydrogen-bond donors (Lipinski definition) is 8. The van der Waals surface area contributed by atoms with Gasteiger partial charge < -0.3 is 70.1 Å². The molecule has 5 atom stereocenters. The normalized spacial score (nSPS) is 23.3. The SMILES string of the molecule is CN=C(N)NCOc1cc(C(=O)O)ccc1OC1OC2(CCc3c(OC)c(O)c(OCCc4ccccc4)c(O)c3C(=O)OC2)C(O)C(O)C1O. The summed E-state index contributed by atoms with van der Waals surface area (Å²) < 4.78 is 34.2. The van der Waals surface area contributed by atoms with Crippen LogP contribution in [0.25, 0.3) is 0 Å². The first kappa shape index (κ1) is 36.8. The van der Waals surface area contributed by atoms with Crippen molar-refractivity contribution < 1.29 is 68.6 Å². The lowest BCUT2D eigenvalue weighted by molar-refractivity contribution is -0.320. The van der Waals surface area contributed by atoms with Crippen molar-refractivity contribution in [1.82, 2.24) is 5.32 Å². The monoisotopic (exact) mass is 713 g/mol. The number of phenolic OH excluding ortho intramolecular Hbond substituents is 2. The van der Waals surface area contributed by atoms with E-state index in [9.17, 15) is 40.2 Å². The minimum Gasteiger partial charge on any atom is -0.504 e. The number of aliphatic imine (C=N–C) groups is 1. The molecule has 5 rings (SSSR count). The van der Waals surface area contributed by atoms with Crippen LogP contribution in [0, 0.1) is 0 Å². The van der Waals surface area contributed by atoms with Crippen LogP contribution < -0.4 is 30.0 Å². The molecule has 0 saturated carbocycles. The van der Waals surface area contributed by atoms with Crippen molar-refractivity contribution in [1.29, 1.82) is 0 Å². The van der Waals surface area contributed by atoms with Crippen molar-refractivity contribution in [3.05, 3.63) is 70.8 Å². The van der Waals surface area contributed by atoms with Crippen LogP contribution in [0.4, 0.5) is 0 Å². The molecule has 5 unspecified atom stereocenters. The standard InChI is InChI=1S/C34H39N3O14/c1-36-33(35)37-16-49-21-14-18(30(43)44)8-9-20(21)50-32-25(40)24(39)29(42)34(51-32)12-10-19-22(31(45)48-15-34)23(38)28(26(41)27(19)46-2)47-13-11-17-6-4-3-5-7-17/h3-9,14,24-25,29,32,38-42H,10-13,15-16H2,1-2H3,(H,43,44)(H3,35,36,37). The molecule has 1 saturated heterocycles. The number of nitrogens with two attached hydrogens (primary N) is 1. The number of nitrogens with one attached hydrogen (secondary N) is 1. The van der Waals surface area contributed by atoms with E-state index in [4.69, 9.17) is 34.2 Å². The molecular weight excluding hydrogens is 674 g/mol. The predicted molar refractivity (Wildman–Crippen MR) is 176 cm³/mol. The minimum atomic E-state index is -1.91. The quantitative estimate of drug-likeness (QED) is 0.0587. The molecule has 3 aromatic rings. The summed E-state index contributed by atoms with van der Waals surface area (Å²) in [6.45, 7) is -0.904. The van der Waals surface area contributed by atoms with Crippen molar-refractivity contribution in [3.63, 3.8) is 0 Å². The number of methoxy groups -OCH3 is 1. The third-order valence-corrected chi connectivity index (χ3v) is 8.59. The van der Waals surface area contributed by atoms with Crippen LogP contribution in [0.2, 0.25) is 0 Å². The number of aliphatic hydroxyl groups is 3. The largest absolute Gasteiger partial charge is 0.504 e. The molecule has 2 aliphatic heterocycles. The molecule has 51 heavy (non-hydrogen) atoms. The van der Waals surface area contributed by atoms with Crippen molar-refractivity contribution in [3.8, 4) is 34.5 Å². The Hall–Kier alpha value is -5.49. The van der Waals surface area contributed by atoms with E-state index in [0.717, 1.165) is 11.6 Å². The molecule has 2 aliphatic rings. The highest BCUT2D eigenvalue weighted by atomic mass is 16.7. The molecule has 1 spiro atoms. The van der Waals surface area contributed by atoms with Crippen LogP contribution in [0.15, 0.2) is 53.5 Å². The zero-order chi connectivity index (χ0) is 36.9. The van der Waals surface area contributed by atoms with E-state index in [1.54, 1.807) is 0 Å². The Morgan fingerprint density at radius 2 is 1.78 bits per heavy atom. The number of hydrogen-bond acceptors (Lipinski definition) is 14. The Bertz CT molecular complexity index is 1770. The van der Waals surface area contributed by atoms with Gasteiger partial charge in [0.15, 0.2) is 35.7 Å². The molecule has 0 bridgehead atoms. The van der Waals surface area contributed by atoms with E-state index >= 15 is 0 Å². The summed E-state index contributed by atoms with van der Waals surface area (Å²) in [4.78, 5) is 28.9. The molecule has 2 heterocycles. The zero-order valence-corrected chi connectivity index (χ0v) is 27.6. The molecule has 0 radical (unpaired) electrons. The number of guanidine groups is 1. The lowest BCUT2D eigenvalue weighted by Crippen LogP contribution is -2.67. The number of aromatic hydroxyl groups is 2. The lowest BCUT2D eigenvalue weighted by atomic mass is 9.81. The maximum Gasteiger partial charge on any atom is 0.342 e. The molecule has 0 amide bonds. The summed E-state index contributed by atoms with van der Waals surface area (Å²) >= 11 is 0. The van der Waals surface area contributed by atoms with E-state index in [-0.39, 0.29) is 71.8 Å². The molecule has 17 heteroatoms. The molecule has 274 valence electrons. The summed E-state index contributed by atoms with van der Waals surface area (Å²) in [5, 5.41) is 67.5. The number of carbonyl (C=O) groups is 2. The van der Waals surface area contributed by atoms with E-state index in [1.165, 1.54) is 26.3 Å². The molecule has 3 aromatic carbocycles. The fourth-order valence-electron chi connectivity index (χ4n) is 5.82. The van der Waals surface area contributed by atoms with Gasteiger partial charge in [0.1, 0.15) is 36.1 Å². The van der Waals surface area contributed by atoms with Gasteiger partial charge in [0, 0.05) is 19.0 Å². The summed E-state index contributed by atoms with van der Waals surface area (Å²) in [5.74, 6) is -4.41. The van der Waals surface area contributed by atoms with Gasteiger partial charge in [-0.25, -0.2) is 9.59 Å². The Labute approximate surface area is 291 Å². The van der Waals surface area contributed by atoms with E-state index in [0.29, 0.717) is 6.42 Å². The highest BCUT2D eigenvalue weighted by Gasteiger charge is 2.56. The van der Waals surface area contributed by atoms with Gasteiger partial charge in [-0.15, -0.1) is 0 Å². The van der Waals surface area contributed by atoms with Gasteiger partial charge in [-0.1, -0.05) is 30.3 Å². The summed E-state index contributed by atoms with van der Waals surface area (Å²) in [5.41, 5.74) is 4.15. The number of benzene rings is 3. The summed E-state index contributed by atoms with van der Waals surface area (Å²) in [7, 11) is 2.68. The van der Waals surface area contributed by atoms with E-state index < -0.39 is 60.2 Å². The molecule has 17 nitrogen and oxygen atoms in total. The van der Waals surface area contributed by atoms with Crippen LogP contribution in [-0.2, 0) is 22.3 Å². The van der Waals surface area contributed by atoms with Gasteiger partial charge >= 0.3 is 11.9 Å². The van der Waals surface area contributed by atoms with Crippen LogP contribution >= 0.6 is 0 Å². The highest BCUT2D eigenvalue weighted by Crippen LogP contribution is 2.51. The number of aromatic carboxylic acids is 1. The fraction of sp³-hybridized carbons (Fsp3) is 0.382. The van der Waals surface area contributed by atoms with Crippen molar-refractivity contribution in [2.45, 2.75) is 49.5 Å². The Morgan fingerprint density at radius 1 is 1.04 bits per heavy atom. The van der Waals surface area contributed by atoms with E-state index in [1.807, 2.05) is 30.3 Å². The van der Waals surface area contributed by atoms with Crippen LogP contribution in [0.5, 0.6) is 34.5 Å². The van der Waals surface area contributed by atoms with Gasteiger partial charge in [0.05, 0.1) is 19.3 Å². The number of carboxylic acid groups (broad SMARTS) is 1. The van der Waals surface area contributed by atoms with Gasteiger partial charge in [-0.3, -0.25) is 4.99 Å². The maximum absolute atomic E-state index is 13.5. The number of ether oxygens (including phenoxy) is 6. The number of carboxylic acids is 1. The number of rotatable bonds is 11. The number of carbonyl (C=O) groups excluding carboxylic acids is 1. The van der Waals surface area contributed by atoms with E-state index in [2.05, 4.69) is 10.3 Å². The Balaban J connectivity index is 1.42. The number of nitrogens with zero attached hydrogens (tertiary/aromatic N) is 1. The van der Waals surface area contributed by atoms with Gasteiger partial charge in [0.25, 0.3) is 0 Å². The zero-order valence-electron chi connectivity index (χ0n) is 27.6. The number of cyclic esters (lactones) is 1. The van der Waals surface area contributed by atoms with Crippen molar-refractivity contribution >= 4 is 17.9 Å². The highest BCUT2D eigenvalue weighted by molar-refractivity contribution is 5.97. The number of aliphatic hydroxyl groups excluding tert-OH is 3. The second kappa shape index (κ2) is 15.6. The van der Waals surface area contributed by atoms with Gasteiger partial charge in [-0.2, -0.15) is 0 Å². The Morgan fingerprint density at radius 3 is 2.47 bits per heavy atom. The molecule has 9 N–H and O–H groups in total. The predicted octanol–water partition coefficient (Wildman–Crippen LogP) is 0.656. The third-order valence-electron chi connectivity index (χ3n) is 8.59. The van der Waals surface area contributed by atoms with Crippen LogP contribution in [-0.4, -0.2) is 113 Å². The smallest absolute Gasteiger partial charge is 0.342 e. The third kappa shape index (κ3) is 7.65. The average Bonchev–Trinajstić information content (AvgIpc) is 3.12. The molecule has 0 aliphatic carbocycles. The summed E-state index contributed by atoms with van der Waals surface area (Å²) in [6.07, 6.45) is -7.28. The van der Waals surface area contributed by atoms with Crippen LogP contribution in [0.3, 0.4) is 0 Å². The number of fused-ring (bicyclic) bond motifs is 1. The first-order valence-corrected chi connectivity index (χ1v) is 15.7. The van der Waals surface area contributed by atoms with Gasteiger partial charge in [-0.05, 0) is 36.6 Å². The first-order chi connectivity index (χ1) is 24.4. The first-order valence-electron chi connectivity index (χ1n) is 15.7. The number of esters is 1. The van der Waals surface area contributed by atoms with Crippen LogP contribution in [0.1, 0.15) is 38.3 Å².